The van der Waals surface area contributed by atoms with Crippen LogP contribution in [0.2, 0.25) is 0 Å². The predicted molar refractivity (Wildman–Crippen MR) is 86.7 cm³/mol. The Kier molecular flexibility index (Phi) is 5.96. The van der Waals surface area contributed by atoms with Crippen molar-refractivity contribution >= 4 is 11.8 Å². The number of nitrogens with zero attached hydrogens (tertiary/aromatic N) is 3. The van der Waals surface area contributed by atoms with Crippen LogP contribution in [0.3, 0.4) is 0 Å². The first-order chi connectivity index (χ1) is 12.2. The van der Waals surface area contributed by atoms with Gasteiger partial charge in [-0.25, -0.2) is 9.67 Å². The van der Waals surface area contributed by atoms with E-state index in [2.05, 4.69) is 20.7 Å². The highest BCUT2D eigenvalue weighted by atomic mass is 19.4. The summed E-state index contributed by atoms with van der Waals surface area (Å²) in [5.41, 5.74) is -0.277. The Balaban J connectivity index is 2.09. The van der Waals surface area contributed by atoms with E-state index in [0.717, 1.165) is 12.5 Å². The first-order valence-electron chi connectivity index (χ1n) is 7.87. The quantitative estimate of drug-likeness (QED) is 0.813. The van der Waals surface area contributed by atoms with Gasteiger partial charge in [0.25, 0.3) is 5.91 Å². The molecule has 0 saturated heterocycles. The summed E-state index contributed by atoms with van der Waals surface area (Å²) < 4.78 is 39.0. The molecule has 2 amide bonds. The molecule has 26 heavy (non-hydrogen) atoms. The number of pyridine rings is 1. The third kappa shape index (κ3) is 4.58. The van der Waals surface area contributed by atoms with Crippen LogP contribution in [0.15, 0.2) is 24.5 Å². The van der Waals surface area contributed by atoms with E-state index in [4.69, 9.17) is 0 Å². The zero-order valence-electron chi connectivity index (χ0n) is 14.2. The minimum Gasteiger partial charge on any atom is -0.355 e. The van der Waals surface area contributed by atoms with Crippen molar-refractivity contribution in [2.24, 2.45) is 0 Å². The molecule has 2 N–H and O–H groups in total. The van der Waals surface area contributed by atoms with Crippen LogP contribution in [0, 0.1) is 6.92 Å². The lowest BCUT2D eigenvalue weighted by molar-refractivity contribution is -0.137. The first kappa shape index (κ1) is 19.4. The highest BCUT2D eigenvalue weighted by Gasteiger charge is 2.30. The molecule has 0 aliphatic carbocycles. The number of nitrogens with one attached hydrogen (secondary N) is 2. The Morgan fingerprint density at radius 3 is 2.50 bits per heavy atom. The molecule has 2 heterocycles. The molecule has 0 spiro atoms. The van der Waals surface area contributed by atoms with E-state index in [-0.39, 0.29) is 23.8 Å². The Morgan fingerprint density at radius 1 is 1.19 bits per heavy atom. The molecule has 0 saturated carbocycles. The van der Waals surface area contributed by atoms with E-state index in [0.29, 0.717) is 18.4 Å². The predicted octanol–water partition coefficient (Wildman–Crippen LogP) is 1.85. The summed E-state index contributed by atoms with van der Waals surface area (Å²) in [6.45, 7) is 3.83. The van der Waals surface area contributed by atoms with E-state index in [1.165, 1.54) is 16.9 Å². The van der Waals surface area contributed by atoms with Crippen LogP contribution in [0.1, 0.15) is 35.0 Å². The summed E-state index contributed by atoms with van der Waals surface area (Å²) in [4.78, 5) is 27.4. The molecule has 10 heteroatoms. The van der Waals surface area contributed by atoms with Crippen LogP contribution in [0.5, 0.6) is 0 Å². The number of amides is 2. The van der Waals surface area contributed by atoms with Crippen molar-refractivity contribution in [1.82, 2.24) is 25.4 Å². The number of carbonyl (C=O) groups excluding carboxylic acids is 2. The van der Waals surface area contributed by atoms with Crippen molar-refractivity contribution < 1.29 is 22.8 Å². The monoisotopic (exact) mass is 369 g/mol. The molecule has 0 aromatic carbocycles. The van der Waals surface area contributed by atoms with Gasteiger partial charge in [0.2, 0.25) is 5.91 Å². The Morgan fingerprint density at radius 2 is 1.92 bits per heavy atom. The molecule has 0 bridgehead atoms. The fourth-order valence-electron chi connectivity index (χ4n) is 2.13. The lowest BCUT2D eigenvalue weighted by Gasteiger charge is -2.08. The largest absolute Gasteiger partial charge is 0.417 e. The molecule has 2 rings (SSSR count). The SMILES string of the molecule is CCCNC(=O)CNC(=O)c1cnn(-c2ccc(C(F)(F)F)cn2)c1C. The highest BCUT2D eigenvalue weighted by Crippen LogP contribution is 2.28. The molecule has 0 aliphatic rings. The number of carbonyl (C=O) groups is 2. The number of aromatic nitrogens is 3. The van der Waals surface area contributed by atoms with Gasteiger partial charge in [-0.2, -0.15) is 18.3 Å². The van der Waals surface area contributed by atoms with Gasteiger partial charge in [0.1, 0.15) is 0 Å². The lowest BCUT2D eigenvalue weighted by Crippen LogP contribution is -2.37. The van der Waals surface area contributed by atoms with Crippen molar-refractivity contribution in [3.63, 3.8) is 0 Å². The minimum atomic E-state index is -4.48. The molecule has 140 valence electrons. The summed E-state index contributed by atoms with van der Waals surface area (Å²) in [6, 6.07) is 2.06. The number of alkyl halides is 3. The zero-order chi connectivity index (χ0) is 19.3. The molecule has 0 atom stereocenters. The van der Waals surface area contributed by atoms with E-state index in [1.807, 2.05) is 6.92 Å². The van der Waals surface area contributed by atoms with Gasteiger partial charge in [0.15, 0.2) is 5.82 Å². The van der Waals surface area contributed by atoms with Crippen molar-refractivity contribution in [1.29, 1.82) is 0 Å². The number of hydrogen-bond acceptors (Lipinski definition) is 4. The van der Waals surface area contributed by atoms with Gasteiger partial charge in [-0.1, -0.05) is 6.92 Å². The van der Waals surface area contributed by atoms with E-state index >= 15 is 0 Å². The van der Waals surface area contributed by atoms with Gasteiger partial charge >= 0.3 is 6.18 Å². The van der Waals surface area contributed by atoms with Gasteiger partial charge in [-0.15, -0.1) is 0 Å². The summed E-state index contributed by atoms with van der Waals surface area (Å²) in [7, 11) is 0. The van der Waals surface area contributed by atoms with Gasteiger partial charge in [-0.05, 0) is 25.5 Å². The fraction of sp³-hybridized carbons (Fsp3) is 0.375. The van der Waals surface area contributed by atoms with Crippen LogP contribution in [0.25, 0.3) is 5.82 Å². The molecule has 0 fully saturated rings. The Labute approximate surface area is 147 Å². The zero-order valence-corrected chi connectivity index (χ0v) is 14.2. The number of hydrogen-bond donors (Lipinski definition) is 2. The average Bonchev–Trinajstić information content (AvgIpc) is 2.98. The molecule has 2 aromatic heterocycles. The van der Waals surface area contributed by atoms with Gasteiger partial charge < -0.3 is 10.6 Å². The number of rotatable bonds is 6. The van der Waals surface area contributed by atoms with Crippen LogP contribution < -0.4 is 10.6 Å². The third-order valence-corrected chi connectivity index (χ3v) is 3.53. The number of halogens is 3. The first-order valence-corrected chi connectivity index (χ1v) is 7.87. The summed E-state index contributed by atoms with van der Waals surface area (Å²) in [5.74, 6) is -0.669. The van der Waals surface area contributed by atoms with Crippen molar-refractivity contribution in [2.45, 2.75) is 26.4 Å². The van der Waals surface area contributed by atoms with Crippen molar-refractivity contribution in [3.05, 3.63) is 41.3 Å². The molecular weight excluding hydrogens is 351 g/mol. The second kappa shape index (κ2) is 7.98. The Hall–Kier alpha value is -2.91. The van der Waals surface area contributed by atoms with Crippen molar-refractivity contribution in [2.75, 3.05) is 13.1 Å². The highest BCUT2D eigenvalue weighted by molar-refractivity contribution is 5.97. The molecule has 7 nitrogen and oxygen atoms in total. The second-order valence-corrected chi connectivity index (χ2v) is 5.49. The fourth-order valence-corrected chi connectivity index (χ4v) is 2.13. The maximum Gasteiger partial charge on any atom is 0.417 e. The van der Waals surface area contributed by atoms with Gasteiger partial charge in [-0.3, -0.25) is 9.59 Å². The van der Waals surface area contributed by atoms with E-state index < -0.39 is 17.6 Å². The van der Waals surface area contributed by atoms with Crippen LogP contribution >= 0.6 is 0 Å². The van der Waals surface area contributed by atoms with Crippen molar-refractivity contribution in [3.8, 4) is 5.82 Å². The second-order valence-electron chi connectivity index (χ2n) is 5.49. The standard InChI is InChI=1S/C16H18F3N5O2/c1-3-6-20-14(25)9-22-15(26)12-8-23-24(10(12)2)13-5-4-11(7-21-13)16(17,18)19/h4-5,7-8H,3,6,9H2,1-2H3,(H,20,25)(H,22,26). The molecular formula is C16H18F3N5O2. The summed E-state index contributed by atoms with van der Waals surface area (Å²) in [6.07, 6.45) is -1.72. The van der Waals surface area contributed by atoms with Crippen LogP contribution in [-0.4, -0.2) is 39.7 Å². The van der Waals surface area contributed by atoms with Gasteiger partial charge in [0.05, 0.1) is 29.6 Å². The summed E-state index contributed by atoms with van der Waals surface area (Å²) in [5, 5.41) is 9.08. The minimum absolute atomic E-state index is 0.148. The third-order valence-electron chi connectivity index (χ3n) is 3.53. The molecule has 0 radical (unpaired) electrons. The average molecular weight is 369 g/mol. The molecule has 2 aromatic rings. The Bertz CT molecular complexity index is 784. The maximum atomic E-state index is 12.6. The van der Waals surface area contributed by atoms with E-state index in [1.54, 1.807) is 6.92 Å². The normalized spacial score (nSPS) is 11.3. The van der Waals surface area contributed by atoms with Crippen LogP contribution in [-0.2, 0) is 11.0 Å². The van der Waals surface area contributed by atoms with E-state index in [9.17, 15) is 22.8 Å². The van der Waals surface area contributed by atoms with Gasteiger partial charge in [0, 0.05) is 12.7 Å². The molecule has 0 unspecified atom stereocenters. The lowest BCUT2D eigenvalue weighted by atomic mass is 10.2. The smallest absolute Gasteiger partial charge is 0.355 e. The molecule has 0 aliphatic heterocycles. The topological polar surface area (TPSA) is 88.9 Å². The summed E-state index contributed by atoms with van der Waals surface area (Å²) >= 11 is 0. The van der Waals surface area contributed by atoms with Crippen LogP contribution in [0.4, 0.5) is 13.2 Å². The maximum absolute atomic E-state index is 12.6.